The monoisotopic (exact) mass is 195 g/mol. The summed E-state index contributed by atoms with van der Waals surface area (Å²) in [6.45, 7) is 0. The highest BCUT2D eigenvalue weighted by Gasteiger charge is 2.11. The summed E-state index contributed by atoms with van der Waals surface area (Å²) in [4.78, 5) is 3.09. The molecule has 1 heterocycles. The first-order chi connectivity index (χ1) is 6.16. The lowest BCUT2D eigenvalue weighted by Gasteiger charge is -1.96. The third-order valence-corrected chi connectivity index (χ3v) is 1.93. The van der Waals surface area contributed by atoms with Gasteiger partial charge in [-0.1, -0.05) is 6.07 Å². The van der Waals surface area contributed by atoms with Gasteiger partial charge in [0.25, 0.3) is 4.84 Å². The number of aromatic nitrogens is 1. The Labute approximate surface area is 79.0 Å². The summed E-state index contributed by atoms with van der Waals surface area (Å²) < 4.78 is 5.10. The van der Waals surface area contributed by atoms with E-state index in [9.17, 15) is 0 Å². The standard InChI is InChI=1S/C7H6BNO3S/c10-8(11)4-1-2-5-6(3-4)12-7(13)9-5/h1-3,10-11H,(H,9,13). The van der Waals surface area contributed by atoms with Gasteiger partial charge in [0.2, 0.25) is 0 Å². The Kier molecular flexibility index (Phi) is 1.95. The van der Waals surface area contributed by atoms with Crippen LogP contribution in [0.3, 0.4) is 0 Å². The van der Waals surface area contributed by atoms with Crippen LogP contribution in [0.15, 0.2) is 22.6 Å². The molecule has 3 N–H and O–H groups in total. The van der Waals surface area contributed by atoms with Crippen LogP contribution in [0.1, 0.15) is 0 Å². The molecule has 1 aromatic heterocycles. The number of nitrogens with one attached hydrogen (secondary N) is 1. The summed E-state index contributed by atoms with van der Waals surface area (Å²) in [6, 6.07) is 4.81. The molecule has 1 aromatic carbocycles. The Morgan fingerprint density at radius 3 is 2.85 bits per heavy atom. The Morgan fingerprint density at radius 2 is 2.15 bits per heavy atom. The van der Waals surface area contributed by atoms with E-state index in [1.54, 1.807) is 12.1 Å². The fourth-order valence-electron chi connectivity index (χ4n) is 1.12. The second-order valence-electron chi connectivity index (χ2n) is 2.64. The predicted octanol–water partition coefficient (Wildman–Crippen LogP) is 0.170. The SMILES string of the molecule is OB(O)c1ccc2[nH]c(=S)oc2c1. The minimum Gasteiger partial charge on any atom is -0.429 e. The number of oxazole rings is 1. The van der Waals surface area contributed by atoms with Crippen LogP contribution in [0, 0.1) is 4.84 Å². The first-order valence-electron chi connectivity index (χ1n) is 3.66. The molecule has 0 radical (unpaired) electrons. The molecule has 0 fully saturated rings. The van der Waals surface area contributed by atoms with E-state index < -0.39 is 7.12 Å². The van der Waals surface area contributed by atoms with Gasteiger partial charge in [0.05, 0.1) is 5.52 Å². The van der Waals surface area contributed by atoms with Gasteiger partial charge in [-0.2, -0.15) is 0 Å². The topological polar surface area (TPSA) is 69.4 Å². The lowest BCUT2D eigenvalue weighted by atomic mass is 9.80. The molecule has 0 aliphatic heterocycles. The second-order valence-corrected chi connectivity index (χ2v) is 3.01. The Hall–Kier alpha value is -1.11. The maximum absolute atomic E-state index is 8.87. The number of hydrogen-bond acceptors (Lipinski definition) is 4. The van der Waals surface area contributed by atoms with Crippen molar-refractivity contribution in [2.24, 2.45) is 0 Å². The number of hydrogen-bond donors (Lipinski definition) is 3. The minimum absolute atomic E-state index is 0.277. The van der Waals surface area contributed by atoms with Gasteiger partial charge in [-0.15, -0.1) is 0 Å². The molecule has 4 nitrogen and oxygen atoms in total. The molecule has 0 bridgehead atoms. The van der Waals surface area contributed by atoms with Crippen LogP contribution in [-0.4, -0.2) is 22.2 Å². The molecule has 0 spiro atoms. The first-order valence-corrected chi connectivity index (χ1v) is 4.06. The van der Waals surface area contributed by atoms with Gasteiger partial charge in [-0.05, 0) is 29.8 Å². The zero-order chi connectivity index (χ0) is 9.42. The van der Waals surface area contributed by atoms with Gasteiger partial charge in [-0.25, -0.2) is 0 Å². The fourth-order valence-corrected chi connectivity index (χ4v) is 1.32. The molecular weight excluding hydrogens is 189 g/mol. The van der Waals surface area contributed by atoms with Crippen LogP contribution in [0.25, 0.3) is 11.1 Å². The molecule has 0 saturated carbocycles. The third kappa shape index (κ3) is 1.51. The molecule has 0 atom stereocenters. The highest BCUT2D eigenvalue weighted by molar-refractivity contribution is 7.71. The average molecular weight is 195 g/mol. The Bertz CT molecular complexity index is 490. The number of aromatic amines is 1. The molecule has 0 aliphatic rings. The van der Waals surface area contributed by atoms with E-state index in [0.717, 1.165) is 5.52 Å². The van der Waals surface area contributed by atoms with Crippen LogP contribution in [0.5, 0.6) is 0 Å². The summed E-state index contributed by atoms with van der Waals surface area (Å²) >= 11 is 4.77. The zero-order valence-electron chi connectivity index (χ0n) is 6.52. The van der Waals surface area contributed by atoms with Crippen LogP contribution >= 0.6 is 12.2 Å². The van der Waals surface area contributed by atoms with Crippen LogP contribution in [-0.2, 0) is 0 Å². The van der Waals surface area contributed by atoms with Crippen molar-refractivity contribution in [3.05, 3.63) is 23.0 Å². The maximum atomic E-state index is 8.87. The van der Waals surface area contributed by atoms with Crippen LogP contribution < -0.4 is 5.46 Å². The average Bonchev–Trinajstić information content (AvgIpc) is 2.42. The summed E-state index contributed by atoms with van der Waals surface area (Å²) in [5.74, 6) is 0. The number of H-pyrrole nitrogens is 1. The quantitative estimate of drug-likeness (QED) is 0.448. The zero-order valence-corrected chi connectivity index (χ0v) is 7.34. The van der Waals surface area contributed by atoms with Crippen molar-refractivity contribution in [1.29, 1.82) is 0 Å². The van der Waals surface area contributed by atoms with Crippen LogP contribution in [0.4, 0.5) is 0 Å². The molecule has 6 heteroatoms. The van der Waals surface area contributed by atoms with E-state index in [0.29, 0.717) is 11.0 Å². The molecular formula is C7H6BNO3S. The highest BCUT2D eigenvalue weighted by atomic mass is 32.1. The normalized spacial score (nSPS) is 10.6. The van der Waals surface area contributed by atoms with Gasteiger partial charge in [0.1, 0.15) is 0 Å². The molecule has 0 amide bonds. The third-order valence-electron chi connectivity index (χ3n) is 1.74. The van der Waals surface area contributed by atoms with E-state index in [1.165, 1.54) is 6.07 Å². The van der Waals surface area contributed by atoms with Crippen molar-refractivity contribution < 1.29 is 14.5 Å². The van der Waals surface area contributed by atoms with Crippen molar-refractivity contribution in [2.75, 3.05) is 0 Å². The number of rotatable bonds is 1. The molecule has 13 heavy (non-hydrogen) atoms. The fraction of sp³-hybridized carbons (Fsp3) is 0. The number of benzene rings is 1. The highest BCUT2D eigenvalue weighted by Crippen LogP contribution is 2.10. The lowest BCUT2D eigenvalue weighted by Crippen LogP contribution is -2.29. The second kappa shape index (κ2) is 2.99. The van der Waals surface area contributed by atoms with Crippen molar-refractivity contribution in [3.63, 3.8) is 0 Å². The van der Waals surface area contributed by atoms with Gasteiger partial charge in [0.15, 0.2) is 5.58 Å². The van der Waals surface area contributed by atoms with Gasteiger partial charge in [0, 0.05) is 0 Å². The van der Waals surface area contributed by atoms with E-state index in [-0.39, 0.29) is 4.84 Å². The molecule has 0 saturated heterocycles. The molecule has 0 unspecified atom stereocenters. The van der Waals surface area contributed by atoms with Crippen LogP contribution in [0.2, 0.25) is 0 Å². The van der Waals surface area contributed by atoms with Crippen molar-refractivity contribution in [3.8, 4) is 0 Å². The lowest BCUT2D eigenvalue weighted by molar-refractivity contribution is 0.425. The van der Waals surface area contributed by atoms with Gasteiger partial charge < -0.3 is 19.4 Å². The molecule has 2 rings (SSSR count). The molecule has 0 aliphatic carbocycles. The van der Waals surface area contributed by atoms with Crippen molar-refractivity contribution in [1.82, 2.24) is 4.98 Å². The van der Waals surface area contributed by atoms with E-state index >= 15 is 0 Å². The molecule has 66 valence electrons. The Morgan fingerprint density at radius 1 is 1.38 bits per heavy atom. The largest absolute Gasteiger partial charge is 0.488 e. The van der Waals surface area contributed by atoms with E-state index in [4.69, 9.17) is 26.7 Å². The van der Waals surface area contributed by atoms with E-state index in [1.807, 2.05) is 0 Å². The predicted molar refractivity (Wildman–Crippen MR) is 51.2 cm³/mol. The maximum Gasteiger partial charge on any atom is 0.488 e. The number of fused-ring (bicyclic) bond motifs is 1. The smallest absolute Gasteiger partial charge is 0.429 e. The first kappa shape index (κ1) is 8.49. The summed E-state index contributed by atoms with van der Waals surface area (Å²) in [5, 5.41) is 17.7. The van der Waals surface area contributed by atoms with Crippen molar-refractivity contribution >= 4 is 35.9 Å². The van der Waals surface area contributed by atoms with E-state index in [2.05, 4.69) is 4.98 Å². The van der Waals surface area contributed by atoms with Crippen molar-refractivity contribution in [2.45, 2.75) is 0 Å². The van der Waals surface area contributed by atoms with Gasteiger partial charge >= 0.3 is 7.12 Å². The summed E-state index contributed by atoms with van der Waals surface area (Å²) in [7, 11) is -1.48. The summed E-state index contributed by atoms with van der Waals surface area (Å²) in [5.41, 5.74) is 1.65. The molecule has 2 aromatic rings. The van der Waals surface area contributed by atoms with Gasteiger partial charge in [-0.3, -0.25) is 0 Å². The Balaban J connectivity index is 2.68. The summed E-state index contributed by atoms with van der Waals surface area (Å²) in [6.07, 6.45) is 0. The minimum atomic E-state index is -1.48.